The van der Waals surface area contributed by atoms with Gasteiger partial charge in [0.2, 0.25) is 0 Å². The fourth-order valence-electron chi connectivity index (χ4n) is 10.2. The highest BCUT2D eigenvalue weighted by molar-refractivity contribution is 7.47. The summed E-state index contributed by atoms with van der Waals surface area (Å²) in [6.07, 6.45) is 109. The predicted molar refractivity (Wildman–Crippen MR) is 472 cm³/mol. The number of rotatable bonds is 77. The van der Waals surface area contributed by atoms with Crippen molar-refractivity contribution in [3.63, 3.8) is 0 Å². The summed E-state index contributed by atoms with van der Waals surface area (Å²) in [5, 5.41) is 10.7. The Morgan fingerprint density at radius 3 is 0.763 bits per heavy atom. The van der Waals surface area contributed by atoms with Crippen LogP contribution in [0.2, 0.25) is 0 Å². The molecule has 114 heavy (non-hydrogen) atoms. The zero-order valence-corrected chi connectivity index (χ0v) is 71.9. The Morgan fingerprint density at radius 1 is 0.254 bits per heavy atom. The third-order valence-electron chi connectivity index (χ3n) is 16.6. The summed E-state index contributed by atoms with van der Waals surface area (Å²) in [6.45, 7) is 4.34. The molecule has 0 bridgehead atoms. The zero-order chi connectivity index (χ0) is 83.1. The van der Waals surface area contributed by atoms with E-state index in [1.807, 2.05) is 30.4 Å². The fourth-order valence-corrected chi connectivity index (χ4v) is 11.8. The number of carbonyl (C=O) groups excluding carboxylic acids is 4. The Bertz CT molecular complexity index is 3070. The number of ether oxygens (including phenoxy) is 4. The number of allylic oxidation sites excluding steroid dienone is 38. The first-order chi connectivity index (χ1) is 55.7. The minimum Gasteiger partial charge on any atom is -0.462 e. The second kappa shape index (κ2) is 84.0. The average Bonchev–Trinajstić information content (AvgIpc) is 0.899. The lowest BCUT2D eigenvalue weighted by Gasteiger charge is -2.21. The van der Waals surface area contributed by atoms with Gasteiger partial charge in [-0.2, -0.15) is 0 Å². The number of unbranched alkanes of at least 4 members (excludes halogenated alkanes) is 13. The van der Waals surface area contributed by atoms with Gasteiger partial charge in [-0.3, -0.25) is 37.3 Å². The molecule has 19 heteroatoms. The molecule has 640 valence electrons. The quantitative estimate of drug-likeness (QED) is 0.0169. The molecule has 0 saturated heterocycles. The first-order valence-corrected chi connectivity index (χ1v) is 45.6. The Labute approximate surface area is 689 Å². The second-order valence-electron chi connectivity index (χ2n) is 27.3. The van der Waals surface area contributed by atoms with E-state index in [4.69, 9.17) is 37.0 Å². The molecule has 0 aliphatic carbocycles. The number of carbonyl (C=O) groups is 4. The van der Waals surface area contributed by atoms with E-state index in [0.717, 1.165) is 154 Å². The van der Waals surface area contributed by atoms with Gasteiger partial charge in [0.05, 0.1) is 26.4 Å². The molecule has 0 saturated carbocycles. The summed E-state index contributed by atoms with van der Waals surface area (Å²) in [5.41, 5.74) is 0. The van der Waals surface area contributed by atoms with Crippen molar-refractivity contribution in [1.82, 2.24) is 0 Å². The molecule has 0 aromatic carbocycles. The van der Waals surface area contributed by atoms with Crippen LogP contribution in [0.3, 0.4) is 0 Å². The van der Waals surface area contributed by atoms with Crippen molar-refractivity contribution in [3.8, 4) is 0 Å². The van der Waals surface area contributed by atoms with Gasteiger partial charge < -0.3 is 33.8 Å². The van der Waals surface area contributed by atoms with E-state index in [9.17, 15) is 43.2 Å². The summed E-state index contributed by atoms with van der Waals surface area (Å²) >= 11 is 0. The maximum absolute atomic E-state index is 13.1. The van der Waals surface area contributed by atoms with Gasteiger partial charge in [0.15, 0.2) is 12.2 Å². The number of phosphoric acid groups is 2. The molecule has 0 spiro atoms. The molecule has 0 aliphatic heterocycles. The molecule has 2 unspecified atom stereocenters. The number of hydrogen-bond donors (Lipinski definition) is 3. The van der Waals surface area contributed by atoms with Crippen LogP contribution >= 0.6 is 15.6 Å². The minimum absolute atomic E-state index is 0.00167. The van der Waals surface area contributed by atoms with Gasteiger partial charge in [-0.05, 0) is 193 Å². The monoisotopic (exact) mass is 1620 g/mol. The lowest BCUT2D eigenvalue weighted by atomic mass is 10.1. The van der Waals surface area contributed by atoms with Crippen LogP contribution in [0.5, 0.6) is 0 Å². The molecule has 0 radical (unpaired) electrons. The molecule has 0 aromatic heterocycles. The highest BCUT2D eigenvalue weighted by Gasteiger charge is 2.30. The van der Waals surface area contributed by atoms with E-state index in [0.29, 0.717) is 38.5 Å². The highest BCUT2D eigenvalue weighted by Crippen LogP contribution is 2.45. The van der Waals surface area contributed by atoms with Crippen LogP contribution in [-0.2, 0) is 65.4 Å². The van der Waals surface area contributed by atoms with Crippen molar-refractivity contribution in [1.29, 1.82) is 0 Å². The van der Waals surface area contributed by atoms with E-state index in [1.165, 1.54) is 38.5 Å². The minimum atomic E-state index is -5.03. The largest absolute Gasteiger partial charge is 0.472 e. The second-order valence-corrected chi connectivity index (χ2v) is 30.2. The van der Waals surface area contributed by atoms with Gasteiger partial charge in [0.25, 0.3) is 0 Å². The number of hydrogen-bond acceptors (Lipinski definition) is 15. The molecule has 0 amide bonds. The van der Waals surface area contributed by atoms with E-state index in [2.05, 4.69) is 228 Å². The van der Waals surface area contributed by atoms with Crippen LogP contribution in [0.15, 0.2) is 231 Å². The molecule has 0 rings (SSSR count). The number of esters is 4. The summed E-state index contributed by atoms with van der Waals surface area (Å²) < 4.78 is 68.6. The summed E-state index contributed by atoms with van der Waals surface area (Å²) in [5.74, 6) is -2.44. The first kappa shape index (κ1) is 107. The molecule has 17 nitrogen and oxygen atoms in total. The summed E-state index contributed by atoms with van der Waals surface area (Å²) in [4.78, 5) is 73.2. The molecule has 3 N–H and O–H groups in total. The van der Waals surface area contributed by atoms with E-state index < -0.39 is 97.5 Å². The molecule has 0 heterocycles. The third-order valence-corrected chi connectivity index (χ3v) is 18.5. The van der Waals surface area contributed by atoms with Gasteiger partial charge in [-0.25, -0.2) is 9.13 Å². The maximum Gasteiger partial charge on any atom is 0.472 e. The van der Waals surface area contributed by atoms with Gasteiger partial charge in [-0.15, -0.1) is 0 Å². The van der Waals surface area contributed by atoms with E-state index in [1.54, 1.807) is 0 Å². The highest BCUT2D eigenvalue weighted by atomic mass is 31.2. The molecule has 0 fully saturated rings. The third kappa shape index (κ3) is 83.1. The predicted octanol–water partition coefficient (Wildman–Crippen LogP) is 25.8. The van der Waals surface area contributed by atoms with Gasteiger partial charge in [0.1, 0.15) is 19.3 Å². The van der Waals surface area contributed by atoms with Crippen molar-refractivity contribution in [2.75, 3.05) is 39.6 Å². The lowest BCUT2D eigenvalue weighted by Crippen LogP contribution is -2.30. The Balaban J connectivity index is 5.61. The lowest BCUT2D eigenvalue weighted by molar-refractivity contribution is -0.161. The van der Waals surface area contributed by atoms with Crippen molar-refractivity contribution < 1.29 is 80.2 Å². The smallest absolute Gasteiger partial charge is 0.462 e. The van der Waals surface area contributed by atoms with Gasteiger partial charge >= 0.3 is 39.5 Å². The molecule has 0 aromatic rings. The van der Waals surface area contributed by atoms with Crippen LogP contribution < -0.4 is 0 Å². The Morgan fingerprint density at radius 2 is 0.482 bits per heavy atom. The SMILES string of the molecule is CC/C=C\C/C=C\C/C=C\C/C=C\C/C=C\CCCCCC(=O)OC[C@H](COP(=O)(O)OC[C@@H](O)COP(=O)(O)OC[C@@H](COC(=O)CCCCC/C=C\C/C=C\C/C=C\C/C=C\C/C=C\CC)OC(=O)CCC/C=C\C/C=C\C/C=C\C/C=C\CCCCC)OC(=O)CC/C=C\C/C=C\C/C=C\C/C=C\C/C=C\CCCCC. The number of aliphatic hydroxyl groups is 1. The summed E-state index contributed by atoms with van der Waals surface area (Å²) in [7, 11) is -10.1. The normalized spacial score (nSPS) is 14.9. The number of phosphoric ester groups is 2. The van der Waals surface area contributed by atoms with Crippen molar-refractivity contribution in [3.05, 3.63) is 231 Å². The van der Waals surface area contributed by atoms with Crippen molar-refractivity contribution >= 4 is 39.5 Å². The molecule has 0 aliphatic rings. The first-order valence-electron chi connectivity index (χ1n) is 42.6. The van der Waals surface area contributed by atoms with Gasteiger partial charge in [0, 0.05) is 25.7 Å². The summed E-state index contributed by atoms with van der Waals surface area (Å²) in [6, 6.07) is 0. The van der Waals surface area contributed by atoms with Gasteiger partial charge in [-0.1, -0.05) is 297 Å². The topological polar surface area (TPSA) is 237 Å². The van der Waals surface area contributed by atoms with Crippen LogP contribution in [0.1, 0.15) is 285 Å². The van der Waals surface area contributed by atoms with Crippen molar-refractivity contribution in [2.24, 2.45) is 0 Å². The Kier molecular flexibility index (Phi) is 79.0. The van der Waals surface area contributed by atoms with E-state index in [-0.39, 0.29) is 25.7 Å². The maximum atomic E-state index is 13.1. The van der Waals surface area contributed by atoms with Crippen LogP contribution in [-0.4, -0.2) is 96.7 Å². The van der Waals surface area contributed by atoms with Crippen LogP contribution in [0.25, 0.3) is 0 Å². The molecular formula is C95H148O17P2. The van der Waals surface area contributed by atoms with Crippen LogP contribution in [0.4, 0.5) is 0 Å². The van der Waals surface area contributed by atoms with Crippen molar-refractivity contribution in [2.45, 2.75) is 303 Å². The average molecular weight is 1620 g/mol. The van der Waals surface area contributed by atoms with Crippen LogP contribution in [0, 0.1) is 0 Å². The standard InChI is InChI=1S/C95H148O17P2/c1-5-9-13-17-21-25-29-33-37-41-44-48-51-55-59-63-67-71-75-79-92(97)105-85-90(111-94(99)81-77-73-69-65-61-57-53-47-40-36-32-28-24-20-16-12-8-4)87-109-113(101,102)107-83-89(96)84-108-114(103,104)110-88-91(112-95(100)82-78-74-70-66-62-58-54-50-46-43-39-35-31-27-23-19-15-11-7-3)86-106-93(98)80-76-72-68-64-60-56-52-49-45-42-38-34-30-26-22-18-14-10-6-2/h9-10,13-14,21-28,33-40,44-46,48-50,53,55-60,62,65,69-70,74,89-91,96H,5-8,11-12,15-20,29-32,41-43,47,51-52,54,61,63-64,66-68,71-73,75-88H2,1-4H3,(H,101,102)(H,103,104)/b13-9-,14-10-,25-21-,26-22-,27-23-,28-24-,37-33-,38-34-,39-35-,40-36-,48-44-,49-45-,50-46-,57-53-,59-55-,60-56-,62-58-,69-65-,74-70-/t89-,90+,91+/m0/s1. The molecular weight excluding hydrogens is 1470 g/mol. The van der Waals surface area contributed by atoms with E-state index >= 15 is 0 Å². The number of aliphatic hydroxyl groups excluding tert-OH is 1. The Hall–Kier alpha value is -6.88. The molecule has 5 atom stereocenters. The zero-order valence-electron chi connectivity index (χ0n) is 70.1. The fraction of sp³-hybridized carbons (Fsp3) is 0.558.